The molecule has 0 radical (unpaired) electrons. The zero-order valence-corrected chi connectivity index (χ0v) is 39.6. The van der Waals surface area contributed by atoms with E-state index in [0.29, 0.717) is 0 Å². The van der Waals surface area contributed by atoms with Crippen molar-refractivity contribution in [2.75, 3.05) is 14.7 Å². The van der Waals surface area contributed by atoms with Crippen molar-refractivity contribution in [3.8, 4) is 11.1 Å². The summed E-state index contributed by atoms with van der Waals surface area (Å²) in [7, 11) is 0. The summed E-state index contributed by atoms with van der Waals surface area (Å²) in [5.74, 6) is 0.834. The number of hydrogen-bond donors (Lipinski definition) is 0. The zero-order valence-electron chi connectivity index (χ0n) is 37.3. The van der Waals surface area contributed by atoms with Crippen LogP contribution < -0.4 is 14.7 Å². The van der Waals surface area contributed by atoms with Crippen LogP contribution in [0.15, 0.2) is 207 Å². The number of hydrogen-bond acceptors (Lipinski definition) is 4. The average Bonchev–Trinajstić information content (AvgIpc) is 3.84. The molecule has 322 valence electrons. The standard InChI is InChI=1S/C59H53N4.Pt/c1-57(2,46-24-13-8-14-25-46)50-38-51(58(3,4)47-26-15-9-16-27-47)42-55(41-50)62-35-34-61(43-62)54-37-45(44-22-11-7-12-23-44)36-49(40-54)59(5,6)48-28-21-31-53(39-48)63(52-29-17-10-18-30-52)56-32-19-20-33-60-56;/h7-38,41-43H,1-6H3;/q-3;. The minimum absolute atomic E-state index is 0. The van der Waals surface area contributed by atoms with Crippen LogP contribution in [0.5, 0.6) is 0 Å². The van der Waals surface area contributed by atoms with E-state index in [2.05, 4.69) is 251 Å². The van der Waals surface area contributed by atoms with E-state index in [4.69, 9.17) is 4.98 Å². The van der Waals surface area contributed by atoms with Gasteiger partial charge in [-0.3, -0.25) is 0 Å². The largest absolute Gasteiger partial charge is 0.500 e. The van der Waals surface area contributed by atoms with E-state index in [-0.39, 0.29) is 31.9 Å². The number of anilines is 5. The Kier molecular flexibility index (Phi) is 12.6. The second kappa shape index (κ2) is 18.3. The Hall–Kier alpha value is -6.48. The molecule has 0 fully saturated rings. The Morgan fingerprint density at radius 2 is 1.03 bits per heavy atom. The van der Waals surface area contributed by atoms with Gasteiger partial charge in [-0.15, -0.1) is 30.1 Å². The molecule has 5 heteroatoms. The van der Waals surface area contributed by atoms with E-state index in [9.17, 15) is 0 Å². The summed E-state index contributed by atoms with van der Waals surface area (Å²) in [4.78, 5) is 11.4. The third-order valence-electron chi connectivity index (χ3n) is 12.8. The predicted molar refractivity (Wildman–Crippen MR) is 263 cm³/mol. The maximum atomic E-state index is 4.75. The number of nitrogens with zero attached hydrogens (tertiary/aromatic N) is 4. The molecule has 0 spiro atoms. The maximum Gasteiger partial charge on any atom is 0.135 e. The van der Waals surface area contributed by atoms with Gasteiger partial charge in [0.05, 0.1) is 0 Å². The molecule has 4 nitrogen and oxygen atoms in total. The van der Waals surface area contributed by atoms with Crippen molar-refractivity contribution in [1.29, 1.82) is 0 Å². The van der Waals surface area contributed by atoms with E-state index in [1.54, 1.807) is 0 Å². The molecular formula is C59H53N4Pt-3. The van der Waals surface area contributed by atoms with E-state index >= 15 is 0 Å². The fraction of sp³-hybridized carbons (Fsp3) is 0.153. The van der Waals surface area contributed by atoms with Crippen LogP contribution >= 0.6 is 0 Å². The summed E-state index contributed by atoms with van der Waals surface area (Å²) >= 11 is 0. The smallest absolute Gasteiger partial charge is 0.135 e. The fourth-order valence-corrected chi connectivity index (χ4v) is 8.56. The molecule has 0 aliphatic carbocycles. The first-order valence-corrected chi connectivity index (χ1v) is 21.8. The molecule has 7 aromatic carbocycles. The van der Waals surface area contributed by atoms with Crippen LogP contribution in [0.3, 0.4) is 0 Å². The number of pyridine rings is 1. The monoisotopic (exact) mass is 1010 g/mol. The molecule has 0 atom stereocenters. The minimum atomic E-state index is -0.472. The van der Waals surface area contributed by atoms with E-state index in [1.807, 2.05) is 30.5 Å². The van der Waals surface area contributed by atoms with Gasteiger partial charge in [0.15, 0.2) is 0 Å². The summed E-state index contributed by atoms with van der Waals surface area (Å²) < 4.78 is 0. The predicted octanol–water partition coefficient (Wildman–Crippen LogP) is 14.7. The van der Waals surface area contributed by atoms with Crippen molar-refractivity contribution in [2.24, 2.45) is 0 Å². The van der Waals surface area contributed by atoms with Crippen LogP contribution in [0.2, 0.25) is 0 Å². The van der Waals surface area contributed by atoms with Crippen LogP contribution in [0.25, 0.3) is 11.1 Å². The molecule has 1 aromatic heterocycles. The molecule has 0 N–H and O–H groups in total. The van der Waals surface area contributed by atoms with Crippen LogP contribution in [-0.2, 0) is 37.3 Å². The van der Waals surface area contributed by atoms with Crippen molar-refractivity contribution in [3.63, 3.8) is 0 Å². The quantitative estimate of drug-likeness (QED) is 0.114. The fourth-order valence-electron chi connectivity index (χ4n) is 8.56. The Morgan fingerprint density at radius 1 is 0.469 bits per heavy atom. The van der Waals surface area contributed by atoms with Gasteiger partial charge in [0.1, 0.15) is 5.82 Å². The van der Waals surface area contributed by atoms with Crippen LogP contribution in [-0.4, -0.2) is 4.98 Å². The normalized spacial score (nSPS) is 12.8. The first kappa shape index (κ1) is 44.1. The zero-order chi connectivity index (χ0) is 43.6. The Labute approximate surface area is 394 Å². The molecule has 1 aliphatic rings. The van der Waals surface area contributed by atoms with Gasteiger partial charge in [-0.1, -0.05) is 169 Å². The Bertz CT molecular complexity index is 2730. The number of rotatable bonds is 12. The van der Waals surface area contributed by atoms with Crippen molar-refractivity contribution in [3.05, 3.63) is 259 Å². The van der Waals surface area contributed by atoms with E-state index < -0.39 is 5.41 Å². The summed E-state index contributed by atoms with van der Waals surface area (Å²) in [6.45, 7) is 16.0. The van der Waals surface area contributed by atoms with Crippen LogP contribution in [0.1, 0.15) is 74.9 Å². The molecule has 0 amide bonds. The second-order valence-corrected chi connectivity index (χ2v) is 17.9. The van der Waals surface area contributed by atoms with Crippen molar-refractivity contribution in [2.45, 2.75) is 57.8 Å². The molecule has 9 rings (SSSR count). The molecule has 0 saturated heterocycles. The Balaban J connectivity index is 0.00000560. The first-order chi connectivity index (χ1) is 30.5. The third kappa shape index (κ3) is 8.85. The molecular weight excluding hydrogens is 960 g/mol. The molecule has 2 heterocycles. The third-order valence-corrected chi connectivity index (χ3v) is 12.8. The summed E-state index contributed by atoms with van der Waals surface area (Å²) in [5, 5.41) is 0. The topological polar surface area (TPSA) is 22.6 Å². The molecule has 64 heavy (non-hydrogen) atoms. The van der Waals surface area contributed by atoms with Crippen molar-refractivity contribution in [1.82, 2.24) is 4.98 Å². The number of benzene rings is 7. The van der Waals surface area contributed by atoms with Gasteiger partial charge in [-0.05, 0) is 82.0 Å². The van der Waals surface area contributed by atoms with Crippen LogP contribution in [0.4, 0.5) is 28.6 Å². The summed E-state index contributed by atoms with van der Waals surface area (Å²) in [6.07, 6.45) is 6.14. The van der Waals surface area contributed by atoms with Gasteiger partial charge in [-0.2, -0.15) is 41.5 Å². The number of aromatic nitrogens is 1. The van der Waals surface area contributed by atoms with E-state index in [1.165, 1.54) is 22.3 Å². The van der Waals surface area contributed by atoms with Crippen molar-refractivity contribution >= 4 is 28.6 Å². The minimum Gasteiger partial charge on any atom is -0.500 e. The van der Waals surface area contributed by atoms with Gasteiger partial charge in [-0.25, -0.2) is 4.98 Å². The van der Waals surface area contributed by atoms with Gasteiger partial charge < -0.3 is 14.7 Å². The Morgan fingerprint density at radius 3 is 1.62 bits per heavy atom. The van der Waals surface area contributed by atoms with Gasteiger partial charge in [0.25, 0.3) is 0 Å². The SMILES string of the molecule is CC(C)(c1[c-]c(N(c2ccccc2)c2ccccn2)ccc1)c1[c-]c(N2C=CN(c3cc(C(C)(C)c4ccccc4)cc(C(C)(C)c4ccccc4)c3)[CH-]2)cc(-c2ccccc2)c1.[Pt]. The molecule has 8 aromatic rings. The second-order valence-electron chi connectivity index (χ2n) is 17.9. The van der Waals surface area contributed by atoms with Crippen LogP contribution in [0, 0.1) is 18.8 Å². The van der Waals surface area contributed by atoms with Crippen molar-refractivity contribution < 1.29 is 21.1 Å². The molecule has 1 aliphatic heterocycles. The maximum absolute atomic E-state index is 4.75. The molecule has 0 bridgehead atoms. The molecule has 0 unspecified atom stereocenters. The molecule has 0 saturated carbocycles. The number of para-hydroxylation sites is 1. The first-order valence-electron chi connectivity index (χ1n) is 21.8. The summed E-state index contributed by atoms with van der Waals surface area (Å²) in [6, 6.07) is 74.5. The van der Waals surface area contributed by atoms with Gasteiger partial charge in [0, 0.05) is 49.5 Å². The van der Waals surface area contributed by atoms with Gasteiger partial charge in [0.2, 0.25) is 0 Å². The summed E-state index contributed by atoms with van der Waals surface area (Å²) in [5.41, 5.74) is 12.6. The average molecular weight is 1010 g/mol. The van der Waals surface area contributed by atoms with E-state index in [0.717, 1.165) is 50.8 Å². The van der Waals surface area contributed by atoms with Gasteiger partial charge >= 0.3 is 0 Å².